The Kier molecular flexibility index (Phi) is 6.99. The van der Waals surface area contributed by atoms with Crippen molar-refractivity contribution < 1.29 is 14.7 Å². The SMILES string of the molecule is CCn1c(CC[C@@H]2CCCN2C(=O)[C@H]2CCCN2C(C)(CC)C(=O)O)cc2ccc(C#N)cc21. The Morgan fingerprint density at radius 2 is 1.94 bits per heavy atom. The van der Waals surface area contributed by atoms with Crippen LogP contribution in [0, 0.1) is 11.3 Å². The van der Waals surface area contributed by atoms with Crippen LogP contribution in [0.2, 0.25) is 0 Å². The molecule has 7 heteroatoms. The number of amides is 1. The van der Waals surface area contributed by atoms with E-state index in [4.69, 9.17) is 0 Å². The van der Waals surface area contributed by atoms with Gasteiger partial charge >= 0.3 is 5.97 Å². The van der Waals surface area contributed by atoms with Crippen molar-refractivity contribution in [3.63, 3.8) is 0 Å². The fraction of sp³-hybridized carbons (Fsp3) is 0.593. The lowest BCUT2D eigenvalue weighted by Gasteiger charge is -2.40. The number of carboxylic acid groups (broad SMARTS) is 1. The van der Waals surface area contributed by atoms with Crippen LogP contribution in [0.4, 0.5) is 0 Å². The molecule has 2 aliphatic heterocycles. The first kappa shape index (κ1) is 24.3. The first-order chi connectivity index (χ1) is 16.3. The van der Waals surface area contributed by atoms with E-state index in [1.165, 1.54) is 5.69 Å². The van der Waals surface area contributed by atoms with Crippen molar-refractivity contribution in [2.45, 2.75) is 89.9 Å². The zero-order valence-corrected chi connectivity index (χ0v) is 20.6. The van der Waals surface area contributed by atoms with Gasteiger partial charge in [-0.25, -0.2) is 0 Å². The molecule has 0 radical (unpaired) electrons. The van der Waals surface area contributed by atoms with Crippen LogP contribution in [0.1, 0.15) is 70.6 Å². The fourth-order valence-corrected chi connectivity index (χ4v) is 5.98. The predicted molar refractivity (Wildman–Crippen MR) is 131 cm³/mol. The highest BCUT2D eigenvalue weighted by Gasteiger charge is 2.48. The molecule has 1 N–H and O–H groups in total. The number of carbonyl (C=O) groups excluding carboxylic acids is 1. The number of rotatable bonds is 8. The van der Waals surface area contributed by atoms with E-state index in [1.54, 1.807) is 6.92 Å². The van der Waals surface area contributed by atoms with Crippen LogP contribution in [0.5, 0.6) is 0 Å². The standard InChI is InChI=1S/C27H36N4O3/c1-4-27(3,26(33)34)31-15-7-9-23(31)25(32)30-14-6-8-21(30)12-13-22-17-20-11-10-19(18-28)16-24(20)29(22)5-2/h10-11,16-17,21,23H,4-9,12-15H2,1-3H3,(H,33,34)/t21-,23+,27?/m0/s1. The lowest BCUT2D eigenvalue weighted by molar-refractivity contribution is -0.154. The molecule has 0 aliphatic carbocycles. The van der Waals surface area contributed by atoms with Crippen LogP contribution >= 0.6 is 0 Å². The van der Waals surface area contributed by atoms with E-state index < -0.39 is 11.5 Å². The van der Waals surface area contributed by atoms with Gasteiger partial charge in [-0.15, -0.1) is 0 Å². The van der Waals surface area contributed by atoms with Gasteiger partial charge in [0, 0.05) is 36.9 Å². The number of hydrogen-bond donors (Lipinski definition) is 1. The third-order valence-electron chi connectivity index (χ3n) is 8.15. The second-order valence-corrected chi connectivity index (χ2v) is 9.92. The minimum Gasteiger partial charge on any atom is -0.480 e. The van der Waals surface area contributed by atoms with Crippen molar-refractivity contribution in [2.24, 2.45) is 0 Å². The van der Waals surface area contributed by atoms with Crippen LogP contribution in [0.15, 0.2) is 24.3 Å². The number of benzene rings is 1. The number of aliphatic carboxylic acids is 1. The summed E-state index contributed by atoms with van der Waals surface area (Å²) < 4.78 is 2.27. The maximum absolute atomic E-state index is 13.7. The summed E-state index contributed by atoms with van der Waals surface area (Å²) in [5.41, 5.74) is 1.99. The first-order valence-electron chi connectivity index (χ1n) is 12.7. The van der Waals surface area contributed by atoms with Crippen LogP contribution in [0.3, 0.4) is 0 Å². The second kappa shape index (κ2) is 9.79. The molecule has 2 aliphatic rings. The Morgan fingerprint density at radius 1 is 1.18 bits per heavy atom. The number of nitrogens with zero attached hydrogens (tertiary/aromatic N) is 4. The maximum atomic E-state index is 13.7. The van der Waals surface area contributed by atoms with Crippen molar-refractivity contribution in [3.05, 3.63) is 35.5 Å². The minimum atomic E-state index is -1.00. The van der Waals surface area contributed by atoms with Gasteiger partial charge in [0.05, 0.1) is 17.7 Å². The van der Waals surface area contributed by atoms with E-state index in [1.807, 2.05) is 34.9 Å². The van der Waals surface area contributed by atoms with Crippen molar-refractivity contribution in [3.8, 4) is 6.07 Å². The Balaban J connectivity index is 1.50. The van der Waals surface area contributed by atoms with E-state index >= 15 is 0 Å². The molecule has 1 unspecified atom stereocenters. The van der Waals surface area contributed by atoms with Crippen LogP contribution < -0.4 is 0 Å². The molecule has 0 spiro atoms. The van der Waals surface area contributed by atoms with Crippen molar-refractivity contribution in [1.29, 1.82) is 5.26 Å². The summed E-state index contributed by atoms with van der Waals surface area (Å²) in [5.74, 6) is -0.741. The number of carbonyl (C=O) groups is 2. The molecule has 0 saturated carbocycles. The van der Waals surface area contributed by atoms with Gasteiger partial charge in [-0.05, 0) is 82.4 Å². The second-order valence-electron chi connectivity index (χ2n) is 9.92. The van der Waals surface area contributed by atoms with E-state index in [9.17, 15) is 20.0 Å². The molecule has 34 heavy (non-hydrogen) atoms. The number of aryl methyl sites for hydroxylation is 2. The number of hydrogen-bond acceptors (Lipinski definition) is 4. The van der Waals surface area contributed by atoms with Gasteiger partial charge in [0.15, 0.2) is 0 Å². The summed E-state index contributed by atoms with van der Waals surface area (Å²) in [5, 5.41) is 20.3. The summed E-state index contributed by atoms with van der Waals surface area (Å²) in [6.45, 7) is 8.01. The first-order valence-corrected chi connectivity index (χ1v) is 12.7. The lowest BCUT2D eigenvalue weighted by Crippen LogP contribution is -2.58. The average Bonchev–Trinajstić information content (AvgIpc) is 3.59. The molecule has 4 rings (SSSR count). The number of carboxylic acids is 1. The highest BCUT2D eigenvalue weighted by Crippen LogP contribution is 2.33. The van der Waals surface area contributed by atoms with Crippen molar-refractivity contribution in [1.82, 2.24) is 14.4 Å². The summed E-state index contributed by atoms with van der Waals surface area (Å²) in [4.78, 5) is 29.7. The largest absolute Gasteiger partial charge is 0.480 e. The molecule has 0 bridgehead atoms. The summed E-state index contributed by atoms with van der Waals surface area (Å²) in [7, 11) is 0. The van der Waals surface area contributed by atoms with Gasteiger partial charge in [0.2, 0.25) is 5.91 Å². The molecule has 2 aromatic rings. The minimum absolute atomic E-state index is 0.107. The van der Waals surface area contributed by atoms with Crippen LogP contribution in [-0.4, -0.2) is 62.1 Å². The third-order valence-corrected chi connectivity index (χ3v) is 8.15. The normalized spacial score (nSPS) is 22.7. The summed E-state index contributed by atoms with van der Waals surface area (Å²) in [6.07, 6.45) is 5.82. The highest BCUT2D eigenvalue weighted by atomic mass is 16.4. The van der Waals surface area contributed by atoms with Crippen LogP contribution in [-0.2, 0) is 22.6 Å². The van der Waals surface area contributed by atoms with Gasteiger partial charge in [-0.1, -0.05) is 13.0 Å². The zero-order chi connectivity index (χ0) is 24.5. The third kappa shape index (κ3) is 4.20. The average molecular weight is 465 g/mol. The number of nitriles is 1. The van der Waals surface area contributed by atoms with E-state index in [-0.39, 0.29) is 18.0 Å². The highest BCUT2D eigenvalue weighted by molar-refractivity contribution is 5.85. The topological polar surface area (TPSA) is 89.6 Å². The molecule has 1 amide bonds. The van der Waals surface area contributed by atoms with E-state index in [0.717, 1.165) is 62.5 Å². The molecule has 3 heterocycles. The lowest BCUT2D eigenvalue weighted by atomic mass is 9.95. The smallest absolute Gasteiger partial charge is 0.323 e. The predicted octanol–water partition coefficient (Wildman–Crippen LogP) is 4.17. The molecule has 3 atom stereocenters. The summed E-state index contributed by atoms with van der Waals surface area (Å²) in [6, 6.07) is 10.1. The van der Waals surface area contributed by atoms with Crippen molar-refractivity contribution in [2.75, 3.05) is 13.1 Å². The molecule has 2 fully saturated rings. The Morgan fingerprint density at radius 3 is 2.62 bits per heavy atom. The van der Waals surface area contributed by atoms with Gasteiger partial charge in [-0.3, -0.25) is 14.5 Å². The Bertz CT molecular complexity index is 1120. The molecule has 1 aromatic carbocycles. The van der Waals surface area contributed by atoms with Crippen LogP contribution in [0.25, 0.3) is 10.9 Å². The molecular formula is C27H36N4O3. The Labute approximate surface area is 201 Å². The quantitative estimate of drug-likeness (QED) is 0.633. The number of likely N-dealkylation sites (tertiary alicyclic amines) is 2. The van der Waals surface area contributed by atoms with Crippen molar-refractivity contribution >= 4 is 22.8 Å². The monoisotopic (exact) mass is 464 g/mol. The Hall–Kier alpha value is -2.85. The van der Waals surface area contributed by atoms with Gasteiger partial charge in [0.25, 0.3) is 0 Å². The number of aromatic nitrogens is 1. The molecule has 1 aromatic heterocycles. The summed E-state index contributed by atoms with van der Waals surface area (Å²) >= 11 is 0. The fourth-order valence-electron chi connectivity index (χ4n) is 5.98. The van der Waals surface area contributed by atoms with Gasteiger partial charge in [0.1, 0.15) is 5.54 Å². The van der Waals surface area contributed by atoms with E-state index in [0.29, 0.717) is 18.5 Å². The molecule has 2 saturated heterocycles. The maximum Gasteiger partial charge on any atom is 0.323 e. The molecule has 7 nitrogen and oxygen atoms in total. The number of fused-ring (bicyclic) bond motifs is 1. The zero-order valence-electron chi connectivity index (χ0n) is 20.6. The van der Waals surface area contributed by atoms with Gasteiger partial charge < -0.3 is 14.6 Å². The van der Waals surface area contributed by atoms with E-state index in [2.05, 4.69) is 23.6 Å². The molecule has 182 valence electrons. The van der Waals surface area contributed by atoms with Gasteiger partial charge in [-0.2, -0.15) is 5.26 Å². The molecular weight excluding hydrogens is 428 g/mol.